The first-order chi connectivity index (χ1) is 13.5. The van der Waals surface area contributed by atoms with E-state index in [1.807, 2.05) is 38.0 Å². The molecule has 8 nitrogen and oxygen atoms in total. The summed E-state index contributed by atoms with van der Waals surface area (Å²) in [6, 6.07) is 2.35. The van der Waals surface area contributed by atoms with Crippen LogP contribution in [0.1, 0.15) is 44.1 Å². The Morgan fingerprint density at radius 3 is 2.07 bits per heavy atom. The van der Waals surface area contributed by atoms with Gasteiger partial charge in [-0.25, -0.2) is 0 Å². The van der Waals surface area contributed by atoms with Crippen LogP contribution in [-0.2, 0) is 0 Å². The van der Waals surface area contributed by atoms with E-state index in [1.54, 1.807) is 0 Å². The van der Waals surface area contributed by atoms with Gasteiger partial charge in [-0.2, -0.15) is 20.2 Å². The Labute approximate surface area is 168 Å². The van der Waals surface area contributed by atoms with Crippen LogP contribution in [0.4, 0.5) is 17.6 Å². The molecule has 2 fully saturated rings. The van der Waals surface area contributed by atoms with Gasteiger partial charge in [0, 0.05) is 54.4 Å². The van der Waals surface area contributed by atoms with Crippen molar-refractivity contribution in [2.75, 3.05) is 64.2 Å². The van der Waals surface area contributed by atoms with E-state index < -0.39 is 0 Å². The first-order valence-electron chi connectivity index (χ1n) is 10.3. The fourth-order valence-electron chi connectivity index (χ4n) is 3.78. The van der Waals surface area contributed by atoms with Crippen LogP contribution in [0.15, 0.2) is 4.99 Å². The number of nitrogens with zero attached hydrogens (tertiary/aromatic N) is 8. The van der Waals surface area contributed by atoms with Crippen molar-refractivity contribution in [1.29, 1.82) is 5.26 Å². The summed E-state index contributed by atoms with van der Waals surface area (Å²) >= 11 is 0. The van der Waals surface area contributed by atoms with Crippen molar-refractivity contribution < 1.29 is 0 Å². The van der Waals surface area contributed by atoms with Crippen molar-refractivity contribution in [2.45, 2.75) is 38.5 Å². The molecule has 0 saturated carbocycles. The van der Waals surface area contributed by atoms with Crippen molar-refractivity contribution in [3.05, 3.63) is 5.56 Å². The largest absolute Gasteiger partial charge is 0.355 e. The Balaban J connectivity index is 2.09. The number of rotatable bonds is 3. The molecule has 0 radical (unpaired) electrons. The molecule has 0 atom stereocenters. The zero-order valence-electron chi connectivity index (χ0n) is 17.6. The summed E-state index contributed by atoms with van der Waals surface area (Å²) in [5.74, 6) is 2.65. The number of piperidine rings is 2. The summed E-state index contributed by atoms with van der Waals surface area (Å²) in [6.45, 7) is 3.83. The maximum atomic E-state index is 9.95. The fourth-order valence-corrected chi connectivity index (χ4v) is 3.78. The van der Waals surface area contributed by atoms with Gasteiger partial charge in [-0.1, -0.05) is 0 Å². The molecule has 2 saturated heterocycles. The van der Waals surface area contributed by atoms with E-state index in [-0.39, 0.29) is 0 Å². The van der Waals surface area contributed by atoms with Crippen LogP contribution in [0.2, 0.25) is 0 Å². The molecule has 3 heterocycles. The Morgan fingerprint density at radius 2 is 1.54 bits per heavy atom. The summed E-state index contributed by atoms with van der Waals surface area (Å²) in [5.41, 5.74) is 0.476. The van der Waals surface area contributed by atoms with Gasteiger partial charge in [0.2, 0.25) is 11.9 Å². The van der Waals surface area contributed by atoms with Crippen LogP contribution in [0.3, 0.4) is 0 Å². The Bertz CT molecular complexity index is 737. The molecule has 152 valence electrons. The predicted octanol–water partition coefficient (Wildman–Crippen LogP) is 2.44. The summed E-state index contributed by atoms with van der Waals surface area (Å²) in [7, 11) is 7.84. The molecule has 1 aromatic heterocycles. The minimum atomic E-state index is 0.469. The lowest BCUT2D eigenvalue weighted by Gasteiger charge is -2.33. The van der Waals surface area contributed by atoms with E-state index in [9.17, 15) is 5.26 Å². The minimum Gasteiger partial charge on any atom is -0.355 e. The Kier molecular flexibility index (Phi) is 6.55. The number of aromatic nitrogens is 2. The van der Waals surface area contributed by atoms with Crippen molar-refractivity contribution in [1.82, 2.24) is 19.8 Å². The van der Waals surface area contributed by atoms with Gasteiger partial charge in [0.25, 0.3) is 0 Å². The SMILES string of the molecule is CN(C)/C(=N\c1nc(N(C)C)nc(N2CCCCC2)c1C#N)N1CCCCC1. The molecule has 0 spiro atoms. The molecule has 0 amide bonds. The average Bonchev–Trinajstić information content (AvgIpc) is 2.72. The van der Waals surface area contributed by atoms with Gasteiger partial charge in [0.15, 0.2) is 11.6 Å². The van der Waals surface area contributed by atoms with Gasteiger partial charge < -0.3 is 19.6 Å². The van der Waals surface area contributed by atoms with Crippen molar-refractivity contribution in [3.8, 4) is 6.07 Å². The molecule has 0 unspecified atom stereocenters. The molecular weight excluding hydrogens is 352 g/mol. The second kappa shape index (κ2) is 9.09. The molecule has 8 heteroatoms. The Morgan fingerprint density at radius 1 is 0.929 bits per heavy atom. The number of guanidine groups is 1. The van der Waals surface area contributed by atoms with Crippen molar-refractivity contribution >= 4 is 23.5 Å². The van der Waals surface area contributed by atoms with Crippen LogP contribution in [0, 0.1) is 11.3 Å². The second-order valence-electron chi connectivity index (χ2n) is 7.95. The lowest BCUT2D eigenvalue weighted by Crippen LogP contribution is -2.43. The number of anilines is 2. The van der Waals surface area contributed by atoms with Crippen molar-refractivity contribution in [3.63, 3.8) is 0 Å². The van der Waals surface area contributed by atoms with E-state index in [4.69, 9.17) is 9.98 Å². The molecule has 2 aliphatic heterocycles. The monoisotopic (exact) mass is 384 g/mol. The summed E-state index contributed by atoms with van der Waals surface area (Å²) < 4.78 is 0. The quantitative estimate of drug-likeness (QED) is 0.585. The average molecular weight is 385 g/mol. The number of aliphatic imine (C=N–C) groups is 1. The highest BCUT2D eigenvalue weighted by Gasteiger charge is 2.24. The standard InChI is InChI=1S/C20H32N8/c1-25(2)19-22-17(23-20(26(3)4)28-13-9-6-10-14-28)16(15-21)18(24-19)27-11-7-5-8-12-27/h5-14H2,1-4H3/b23-20+. The predicted molar refractivity (Wildman–Crippen MR) is 113 cm³/mol. The fraction of sp³-hybridized carbons (Fsp3) is 0.700. The maximum Gasteiger partial charge on any atom is 0.228 e. The van der Waals surface area contributed by atoms with Gasteiger partial charge in [0.1, 0.15) is 11.6 Å². The maximum absolute atomic E-state index is 9.95. The third kappa shape index (κ3) is 4.46. The molecule has 0 N–H and O–H groups in total. The van der Waals surface area contributed by atoms with Crippen LogP contribution in [0.5, 0.6) is 0 Å². The summed E-state index contributed by atoms with van der Waals surface area (Å²) in [4.78, 5) is 22.7. The molecular formula is C20H32N8. The highest BCUT2D eigenvalue weighted by Crippen LogP contribution is 2.30. The highest BCUT2D eigenvalue weighted by molar-refractivity contribution is 5.84. The summed E-state index contributed by atoms with van der Waals surface area (Å²) in [5, 5.41) is 9.95. The normalized spacial score (nSPS) is 18.0. The Hall–Kier alpha value is -2.56. The lowest BCUT2D eigenvalue weighted by molar-refractivity contribution is 0.309. The molecule has 3 rings (SSSR count). The van der Waals surface area contributed by atoms with Crippen molar-refractivity contribution in [2.24, 2.45) is 4.99 Å². The minimum absolute atomic E-state index is 0.469. The molecule has 2 aliphatic rings. The molecule has 0 aromatic carbocycles. The smallest absolute Gasteiger partial charge is 0.228 e. The molecule has 28 heavy (non-hydrogen) atoms. The first-order valence-corrected chi connectivity index (χ1v) is 10.3. The first kappa shape index (κ1) is 20.2. The van der Waals surface area contributed by atoms with Gasteiger partial charge in [-0.3, -0.25) is 0 Å². The molecule has 0 bridgehead atoms. The molecule has 0 aliphatic carbocycles. The van der Waals surface area contributed by atoms with E-state index in [2.05, 4.69) is 20.9 Å². The highest BCUT2D eigenvalue weighted by atomic mass is 15.4. The second-order valence-corrected chi connectivity index (χ2v) is 7.95. The van der Waals surface area contributed by atoms with Gasteiger partial charge in [-0.15, -0.1) is 0 Å². The van der Waals surface area contributed by atoms with Crippen LogP contribution in [0.25, 0.3) is 0 Å². The van der Waals surface area contributed by atoms with Gasteiger partial charge >= 0.3 is 0 Å². The van der Waals surface area contributed by atoms with Crippen LogP contribution in [-0.4, -0.2) is 80.1 Å². The number of likely N-dealkylation sites (tertiary alicyclic amines) is 1. The lowest BCUT2D eigenvalue weighted by atomic mass is 10.1. The zero-order chi connectivity index (χ0) is 20.1. The summed E-state index contributed by atoms with van der Waals surface area (Å²) in [6.07, 6.45) is 7.09. The topological polar surface area (TPSA) is 74.9 Å². The number of hydrogen-bond acceptors (Lipinski definition) is 6. The van der Waals surface area contributed by atoms with E-state index in [1.165, 1.54) is 25.7 Å². The van der Waals surface area contributed by atoms with Crippen LogP contribution >= 0.6 is 0 Å². The van der Waals surface area contributed by atoms with E-state index in [0.29, 0.717) is 17.3 Å². The zero-order valence-corrected chi connectivity index (χ0v) is 17.6. The number of nitriles is 1. The third-order valence-electron chi connectivity index (χ3n) is 5.27. The van der Waals surface area contributed by atoms with Gasteiger partial charge in [0.05, 0.1) is 0 Å². The number of hydrogen-bond donors (Lipinski definition) is 0. The van der Waals surface area contributed by atoms with E-state index in [0.717, 1.165) is 50.8 Å². The third-order valence-corrected chi connectivity index (χ3v) is 5.27. The van der Waals surface area contributed by atoms with E-state index >= 15 is 0 Å². The van der Waals surface area contributed by atoms with Gasteiger partial charge in [-0.05, 0) is 38.5 Å². The molecule has 1 aromatic rings. The van der Waals surface area contributed by atoms with Crippen LogP contribution < -0.4 is 9.80 Å².